The number of aliphatic hydroxyl groups is 1. The number of hydrogen-bond donors (Lipinski definition) is 3. The SMILES string of the molecule is CC[C@@H](C)[C@@H](CO)NC(=O)CC[C@@H]1NC(=O)N(CCc2ccc(OC)c(OC)c2)C1=O. The van der Waals surface area contributed by atoms with Gasteiger partial charge >= 0.3 is 6.03 Å². The van der Waals surface area contributed by atoms with Gasteiger partial charge in [-0.1, -0.05) is 26.3 Å². The minimum absolute atomic E-state index is 0.0904. The van der Waals surface area contributed by atoms with E-state index in [1.165, 1.54) is 4.90 Å². The summed E-state index contributed by atoms with van der Waals surface area (Å²) < 4.78 is 10.5. The van der Waals surface area contributed by atoms with Crippen LogP contribution < -0.4 is 20.1 Å². The molecule has 1 aromatic rings. The number of ether oxygens (including phenoxy) is 2. The van der Waals surface area contributed by atoms with Gasteiger partial charge in [0.15, 0.2) is 11.5 Å². The van der Waals surface area contributed by atoms with Gasteiger partial charge < -0.3 is 25.2 Å². The van der Waals surface area contributed by atoms with Crippen molar-refractivity contribution < 1.29 is 29.0 Å². The summed E-state index contributed by atoms with van der Waals surface area (Å²) >= 11 is 0. The third-order valence-electron chi connectivity index (χ3n) is 5.71. The second-order valence-corrected chi connectivity index (χ2v) is 7.71. The number of hydrogen-bond acceptors (Lipinski definition) is 6. The Hall–Kier alpha value is -2.81. The number of imide groups is 1. The molecule has 0 saturated carbocycles. The lowest BCUT2D eigenvalue weighted by molar-refractivity contribution is -0.127. The zero-order chi connectivity index (χ0) is 23.0. The van der Waals surface area contributed by atoms with Crippen LogP contribution in [0.1, 0.15) is 38.7 Å². The molecule has 1 heterocycles. The van der Waals surface area contributed by atoms with Gasteiger partial charge in [0, 0.05) is 13.0 Å². The number of carbonyl (C=O) groups excluding carboxylic acids is 3. The summed E-state index contributed by atoms with van der Waals surface area (Å²) in [5, 5.41) is 14.9. The summed E-state index contributed by atoms with van der Waals surface area (Å²) in [6.45, 7) is 4.04. The molecule has 0 bridgehead atoms. The number of amides is 4. The van der Waals surface area contributed by atoms with Crippen LogP contribution in [0.25, 0.3) is 0 Å². The number of carbonyl (C=O) groups is 3. The fourth-order valence-corrected chi connectivity index (χ4v) is 3.47. The number of urea groups is 1. The van der Waals surface area contributed by atoms with Crippen LogP contribution in [0.15, 0.2) is 18.2 Å². The van der Waals surface area contributed by atoms with E-state index in [0.717, 1.165) is 12.0 Å². The summed E-state index contributed by atoms with van der Waals surface area (Å²) in [5.41, 5.74) is 0.904. The molecule has 9 nitrogen and oxygen atoms in total. The highest BCUT2D eigenvalue weighted by molar-refractivity contribution is 6.04. The zero-order valence-corrected chi connectivity index (χ0v) is 18.6. The predicted octanol–water partition coefficient (Wildman–Crippen LogP) is 1.47. The van der Waals surface area contributed by atoms with Crippen molar-refractivity contribution >= 4 is 17.8 Å². The molecule has 1 aliphatic heterocycles. The van der Waals surface area contributed by atoms with E-state index < -0.39 is 12.1 Å². The lowest BCUT2D eigenvalue weighted by Gasteiger charge is -2.22. The van der Waals surface area contributed by atoms with Crippen molar-refractivity contribution in [3.63, 3.8) is 0 Å². The maximum Gasteiger partial charge on any atom is 0.324 e. The van der Waals surface area contributed by atoms with E-state index in [4.69, 9.17) is 9.47 Å². The van der Waals surface area contributed by atoms with E-state index in [-0.39, 0.29) is 49.8 Å². The van der Waals surface area contributed by atoms with Crippen molar-refractivity contribution in [3.8, 4) is 11.5 Å². The Bertz CT molecular complexity index is 785. The van der Waals surface area contributed by atoms with Crippen molar-refractivity contribution in [3.05, 3.63) is 23.8 Å². The second-order valence-electron chi connectivity index (χ2n) is 7.71. The fraction of sp³-hybridized carbons (Fsp3) is 0.591. The van der Waals surface area contributed by atoms with Crippen molar-refractivity contribution in [2.24, 2.45) is 5.92 Å². The summed E-state index contributed by atoms with van der Waals surface area (Å²) in [6.07, 6.45) is 1.60. The van der Waals surface area contributed by atoms with Crippen LogP contribution in [0.2, 0.25) is 0 Å². The first kappa shape index (κ1) is 24.5. The van der Waals surface area contributed by atoms with Gasteiger partial charge in [0.1, 0.15) is 6.04 Å². The maximum atomic E-state index is 12.6. The molecule has 2 rings (SSSR count). The van der Waals surface area contributed by atoms with Crippen molar-refractivity contribution in [2.45, 2.75) is 51.6 Å². The van der Waals surface area contributed by atoms with Gasteiger partial charge in [0.2, 0.25) is 5.91 Å². The molecule has 3 N–H and O–H groups in total. The molecule has 9 heteroatoms. The number of methoxy groups -OCH3 is 2. The van der Waals surface area contributed by atoms with Crippen LogP contribution in [0.4, 0.5) is 4.79 Å². The number of rotatable bonds is 12. The standard InChI is InChI=1S/C22H33N3O6/c1-5-14(2)17(13-26)23-20(27)9-7-16-21(28)25(22(29)24-16)11-10-15-6-8-18(30-3)19(12-15)31-4/h6,8,12,14,16-17,26H,5,7,9-11,13H2,1-4H3,(H,23,27)(H,24,29)/t14-,16+,17-/m1/s1. The topological polar surface area (TPSA) is 117 Å². The molecule has 1 aromatic carbocycles. The Labute approximate surface area is 183 Å². The van der Waals surface area contributed by atoms with E-state index in [0.29, 0.717) is 17.9 Å². The molecular formula is C22H33N3O6. The second kappa shape index (κ2) is 11.5. The van der Waals surface area contributed by atoms with Crippen LogP contribution >= 0.6 is 0 Å². The summed E-state index contributed by atoms with van der Waals surface area (Å²) in [7, 11) is 3.10. The van der Waals surface area contributed by atoms with Gasteiger partial charge in [-0.2, -0.15) is 0 Å². The molecule has 1 saturated heterocycles. The summed E-state index contributed by atoms with van der Waals surface area (Å²) in [5.74, 6) is 0.758. The minimum atomic E-state index is -0.722. The van der Waals surface area contributed by atoms with Gasteiger partial charge in [0.05, 0.1) is 26.9 Å². The number of nitrogens with one attached hydrogen (secondary N) is 2. The quantitative estimate of drug-likeness (QED) is 0.428. The molecule has 172 valence electrons. The molecule has 3 atom stereocenters. The zero-order valence-electron chi connectivity index (χ0n) is 18.6. The summed E-state index contributed by atoms with van der Waals surface area (Å²) in [6, 6.07) is 3.96. The molecule has 0 aliphatic carbocycles. The fourth-order valence-electron chi connectivity index (χ4n) is 3.47. The summed E-state index contributed by atoms with van der Waals surface area (Å²) in [4.78, 5) is 38.3. The Morgan fingerprint density at radius 2 is 1.97 bits per heavy atom. The molecule has 1 fully saturated rings. The molecule has 4 amide bonds. The smallest absolute Gasteiger partial charge is 0.324 e. The molecule has 0 unspecified atom stereocenters. The van der Waals surface area contributed by atoms with Gasteiger partial charge in [0.25, 0.3) is 5.91 Å². The Kier molecular flexibility index (Phi) is 9.11. The number of aliphatic hydroxyl groups excluding tert-OH is 1. The first-order valence-corrected chi connectivity index (χ1v) is 10.6. The molecule has 31 heavy (non-hydrogen) atoms. The highest BCUT2D eigenvalue weighted by Gasteiger charge is 2.37. The Morgan fingerprint density at radius 3 is 2.58 bits per heavy atom. The minimum Gasteiger partial charge on any atom is -0.493 e. The Balaban J connectivity index is 1.87. The van der Waals surface area contributed by atoms with E-state index >= 15 is 0 Å². The first-order valence-electron chi connectivity index (χ1n) is 10.6. The lowest BCUT2D eigenvalue weighted by atomic mass is 9.99. The van der Waals surface area contributed by atoms with Gasteiger partial charge in [-0.3, -0.25) is 14.5 Å². The van der Waals surface area contributed by atoms with Crippen LogP contribution in [-0.4, -0.2) is 67.3 Å². The normalized spacial score (nSPS) is 17.8. The number of benzene rings is 1. The molecule has 1 aliphatic rings. The van der Waals surface area contributed by atoms with E-state index in [2.05, 4.69) is 10.6 Å². The van der Waals surface area contributed by atoms with Crippen molar-refractivity contribution in [1.29, 1.82) is 0 Å². The average Bonchev–Trinajstić information content (AvgIpc) is 3.06. The van der Waals surface area contributed by atoms with Crippen LogP contribution in [0.5, 0.6) is 11.5 Å². The third-order valence-corrected chi connectivity index (χ3v) is 5.71. The van der Waals surface area contributed by atoms with Crippen LogP contribution in [-0.2, 0) is 16.0 Å². The van der Waals surface area contributed by atoms with E-state index in [1.54, 1.807) is 20.3 Å². The van der Waals surface area contributed by atoms with Crippen LogP contribution in [0, 0.1) is 5.92 Å². The number of nitrogens with zero attached hydrogens (tertiary/aromatic N) is 1. The lowest BCUT2D eigenvalue weighted by Crippen LogP contribution is -2.42. The van der Waals surface area contributed by atoms with Gasteiger partial charge in [-0.25, -0.2) is 4.79 Å². The molecule has 0 spiro atoms. The van der Waals surface area contributed by atoms with Crippen LogP contribution in [0.3, 0.4) is 0 Å². The third kappa shape index (κ3) is 6.33. The monoisotopic (exact) mass is 435 g/mol. The largest absolute Gasteiger partial charge is 0.493 e. The van der Waals surface area contributed by atoms with E-state index in [1.807, 2.05) is 26.0 Å². The highest BCUT2D eigenvalue weighted by Crippen LogP contribution is 2.28. The van der Waals surface area contributed by atoms with Crippen molar-refractivity contribution in [1.82, 2.24) is 15.5 Å². The average molecular weight is 436 g/mol. The van der Waals surface area contributed by atoms with Gasteiger partial charge in [-0.15, -0.1) is 0 Å². The highest BCUT2D eigenvalue weighted by atomic mass is 16.5. The molecule has 0 radical (unpaired) electrons. The maximum absolute atomic E-state index is 12.6. The molecule has 0 aromatic heterocycles. The van der Waals surface area contributed by atoms with E-state index in [9.17, 15) is 19.5 Å². The molecular weight excluding hydrogens is 402 g/mol. The van der Waals surface area contributed by atoms with Crippen molar-refractivity contribution in [2.75, 3.05) is 27.4 Å². The first-order chi connectivity index (χ1) is 14.8. The Morgan fingerprint density at radius 1 is 1.26 bits per heavy atom. The van der Waals surface area contributed by atoms with Gasteiger partial charge in [-0.05, 0) is 36.5 Å². The predicted molar refractivity (Wildman–Crippen MR) is 115 cm³/mol.